The summed E-state index contributed by atoms with van der Waals surface area (Å²) in [4.78, 5) is 8.51. The van der Waals surface area contributed by atoms with Gasteiger partial charge < -0.3 is 9.55 Å². The molecule has 0 spiro atoms. The molecule has 1 N–H and O–H groups in total. The van der Waals surface area contributed by atoms with Crippen LogP contribution in [0.4, 0.5) is 0 Å². The van der Waals surface area contributed by atoms with Crippen LogP contribution in [0.25, 0.3) is 11.0 Å². The van der Waals surface area contributed by atoms with Crippen LogP contribution in [0.1, 0.15) is 4.88 Å². The topological polar surface area (TPSA) is 33.6 Å². The third-order valence-corrected chi connectivity index (χ3v) is 4.80. The molecule has 0 saturated carbocycles. The molecule has 0 radical (unpaired) electrons. The lowest BCUT2D eigenvalue weighted by Crippen LogP contribution is -1.98. The van der Waals surface area contributed by atoms with E-state index in [-0.39, 0.29) is 0 Å². The molecule has 3 aromatic rings. The molecule has 3 nitrogen and oxygen atoms in total. The Morgan fingerprint density at radius 2 is 2.35 bits per heavy atom. The fourth-order valence-corrected chi connectivity index (χ4v) is 3.49. The van der Waals surface area contributed by atoms with E-state index in [1.807, 2.05) is 6.07 Å². The Bertz CT molecular complexity index is 725. The quantitative estimate of drug-likeness (QED) is 0.723. The third-order valence-electron chi connectivity index (χ3n) is 2.57. The number of nitrogens with one attached hydrogen (secondary N) is 1. The maximum Gasteiger partial charge on any atom is 0.178 e. The fraction of sp³-hybridized carbons (Fsp3) is 0.0909. The van der Waals surface area contributed by atoms with Gasteiger partial charge in [0.15, 0.2) is 4.77 Å². The van der Waals surface area contributed by atoms with E-state index in [4.69, 9.17) is 12.2 Å². The number of thiophene rings is 1. The van der Waals surface area contributed by atoms with E-state index in [0.717, 1.165) is 26.8 Å². The highest BCUT2D eigenvalue weighted by atomic mass is 79.9. The molecule has 0 aliphatic carbocycles. The minimum absolute atomic E-state index is 0.730. The number of imidazole rings is 1. The first-order valence-corrected chi connectivity index (χ1v) is 7.08. The van der Waals surface area contributed by atoms with Crippen LogP contribution in [0, 0.1) is 4.77 Å². The van der Waals surface area contributed by atoms with Crippen molar-refractivity contribution >= 4 is 50.5 Å². The van der Waals surface area contributed by atoms with Gasteiger partial charge in [-0.2, -0.15) is 0 Å². The molecule has 86 valence electrons. The van der Waals surface area contributed by atoms with Crippen molar-refractivity contribution in [2.24, 2.45) is 0 Å². The Balaban J connectivity index is 2.15. The monoisotopic (exact) mass is 325 g/mol. The lowest BCUT2D eigenvalue weighted by molar-refractivity contribution is 0.820. The number of H-pyrrole nitrogens is 1. The zero-order valence-electron chi connectivity index (χ0n) is 8.68. The van der Waals surface area contributed by atoms with Crippen LogP contribution in [0.3, 0.4) is 0 Å². The second kappa shape index (κ2) is 4.36. The molecule has 6 heteroatoms. The van der Waals surface area contributed by atoms with Gasteiger partial charge in [0.25, 0.3) is 0 Å². The van der Waals surface area contributed by atoms with E-state index in [1.54, 1.807) is 23.7 Å². The largest absolute Gasteiger partial charge is 0.329 e. The molecule has 17 heavy (non-hydrogen) atoms. The van der Waals surface area contributed by atoms with Gasteiger partial charge in [0, 0.05) is 15.5 Å². The Kier molecular flexibility index (Phi) is 2.85. The van der Waals surface area contributed by atoms with Crippen molar-refractivity contribution in [3.05, 3.63) is 44.0 Å². The zero-order chi connectivity index (χ0) is 11.8. The number of fused-ring (bicyclic) bond motifs is 1. The summed E-state index contributed by atoms with van der Waals surface area (Å²) in [6.07, 6.45) is 3.58. The summed E-state index contributed by atoms with van der Waals surface area (Å²) in [7, 11) is 0. The van der Waals surface area contributed by atoms with Crippen molar-refractivity contribution in [1.29, 1.82) is 0 Å². The number of hydrogen-bond donors (Lipinski definition) is 1. The Labute approximate surface area is 115 Å². The number of pyridine rings is 1. The number of aromatic nitrogens is 3. The molecule has 0 atom stereocenters. The Morgan fingerprint density at radius 3 is 3.12 bits per heavy atom. The summed E-state index contributed by atoms with van der Waals surface area (Å²) in [5.41, 5.74) is 2.07. The van der Waals surface area contributed by atoms with Gasteiger partial charge in [-0.05, 0) is 45.7 Å². The maximum atomic E-state index is 5.34. The second-order valence-electron chi connectivity index (χ2n) is 3.60. The van der Waals surface area contributed by atoms with E-state index < -0.39 is 0 Å². The summed E-state index contributed by atoms with van der Waals surface area (Å²) in [6, 6.07) is 4.03. The SMILES string of the molecule is S=c1[nH]c2cnccc2n1Cc1sccc1Br. The van der Waals surface area contributed by atoms with Gasteiger partial charge in [-0.3, -0.25) is 4.98 Å². The molecule has 0 aromatic carbocycles. The molecule has 0 amide bonds. The number of rotatable bonds is 2. The van der Waals surface area contributed by atoms with Crippen LogP contribution in [-0.2, 0) is 6.54 Å². The van der Waals surface area contributed by atoms with E-state index in [1.165, 1.54) is 4.88 Å². The number of aromatic amines is 1. The summed E-state index contributed by atoms with van der Waals surface area (Å²) in [5.74, 6) is 0. The molecule has 3 aromatic heterocycles. The highest BCUT2D eigenvalue weighted by molar-refractivity contribution is 9.10. The Morgan fingerprint density at radius 1 is 1.47 bits per heavy atom. The van der Waals surface area contributed by atoms with Crippen LogP contribution in [0.2, 0.25) is 0 Å². The van der Waals surface area contributed by atoms with Crippen molar-refractivity contribution < 1.29 is 0 Å². The molecule has 0 saturated heterocycles. The summed E-state index contributed by atoms with van der Waals surface area (Å²) < 4.78 is 3.95. The molecule has 0 fully saturated rings. The maximum absolute atomic E-state index is 5.34. The van der Waals surface area contributed by atoms with Crippen LogP contribution < -0.4 is 0 Å². The van der Waals surface area contributed by atoms with Gasteiger partial charge in [0.1, 0.15) is 0 Å². The first-order chi connectivity index (χ1) is 8.25. The van der Waals surface area contributed by atoms with Gasteiger partial charge in [0.2, 0.25) is 0 Å². The molecule has 3 rings (SSSR count). The summed E-state index contributed by atoms with van der Waals surface area (Å²) in [6.45, 7) is 0.779. The number of halogens is 1. The third kappa shape index (κ3) is 1.96. The molecular formula is C11H8BrN3S2. The Hall–Kier alpha value is -0.980. The molecule has 0 aliphatic heterocycles. The minimum Gasteiger partial charge on any atom is -0.329 e. The van der Waals surface area contributed by atoms with E-state index in [0.29, 0.717) is 0 Å². The number of nitrogens with zero attached hydrogens (tertiary/aromatic N) is 2. The van der Waals surface area contributed by atoms with Gasteiger partial charge >= 0.3 is 0 Å². The number of hydrogen-bond acceptors (Lipinski definition) is 3. The first kappa shape index (κ1) is 11.1. The predicted molar refractivity (Wildman–Crippen MR) is 76.0 cm³/mol. The van der Waals surface area contributed by atoms with Crippen molar-refractivity contribution in [3.8, 4) is 0 Å². The van der Waals surface area contributed by atoms with Crippen LogP contribution in [-0.4, -0.2) is 14.5 Å². The van der Waals surface area contributed by atoms with E-state index >= 15 is 0 Å². The van der Waals surface area contributed by atoms with Gasteiger partial charge in [-0.15, -0.1) is 11.3 Å². The molecule has 0 aliphatic rings. The molecule has 0 unspecified atom stereocenters. The van der Waals surface area contributed by atoms with Crippen molar-refractivity contribution in [3.63, 3.8) is 0 Å². The van der Waals surface area contributed by atoms with Crippen LogP contribution >= 0.6 is 39.5 Å². The lowest BCUT2D eigenvalue weighted by Gasteiger charge is -2.02. The predicted octanol–water partition coefficient (Wildman–Crippen LogP) is 3.97. The van der Waals surface area contributed by atoms with Crippen molar-refractivity contribution in [2.45, 2.75) is 6.54 Å². The van der Waals surface area contributed by atoms with E-state index in [9.17, 15) is 0 Å². The average molecular weight is 326 g/mol. The van der Waals surface area contributed by atoms with E-state index in [2.05, 4.69) is 41.9 Å². The molecule has 0 bridgehead atoms. The minimum atomic E-state index is 0.730. The highest BCUT2D eigenvalue weighted by Gasteiger charge is 2.07. The highest BCUT2D eigenvalue weighted by Crippen LogP contribution is 2.25. The van der Waals surface area contributed by atoms with Gasteiger partial charge in [0.05, 0.1) is 23.8 Å². The second-order valence-corrected chi connectivity index (χ2v) is 5.84. The van der Waals surface area contributed by atoms with Crippen LogP contribution in [0.15, 0.2) is 34.4 Å². The van der Waals surface area contributed by atoms with Crippen LogP contribution in [0.5, 0.6) is 0 Å². The zero-order valence-corrected chi connectivity index (χ0v) is 11.9. The van der Waals surface area contributed by atoms with Gasteiger partial charge in [-0.1, -0.05) is 0 Å². The fourth-order valence-electron chi connectivity index (χ4n) is 1.75. The first-order valence-electron chi connectivity index (χ1n) is 5.00. The van der Waals surface area contributed by atoms with Crippen molar-refractivity contribution in [2.75, 3.05) is 0 Å². The summed E-state index contributed by atoms with van der Waals surface area (Å²) >= 11 is 10.6. The van der Waals surface area contributed by atoms with Crippen molar-refractivity contribution in [1.82, 2.24) is 14.5 Å². The van der Waals surface area contributed by atoms with Gasteiger partial charge in [-0.25, -0.2) is 0 Å². The average Bonchev–Trinajstić information content (AvgIpc) is 2.85. The molecule has 3 heterocycles. The molecular weight excluding hydrogens is 318 g/mol. The summed E-state index contributed by atoms with van der Waals surface area (Å²) in [5, 5.41) is 2.07. The smallest absolute Gasteiger partial charge is 0.178 e. The lowest BCUT2D eigenvalue weighted by atomic mass is 10.4. The normalized spacial score (nSPS) is 11.1. The standard InChI is InChI=1S/C11H8BrN3S2/c12-7-2-4-17-10(7)6-15-9-1-3-13-5-8(9)14-11(15)16/h1-5H,6H2,(H,14,16).